The van der Waals surface area contributed by atoms with Gasteiger partial charge in [0.25, 0.3) is 0 Å². The molecule has 26 heavy (non-hydrogen) atoms. The van der Waals surface area contributed by atoms with Crippen LogP contribution in [0.25, 0.3) is 0 Å². The van der Waals surface area contributed by atoms with Crippen LogP contribution in [0.3, 0.4) is 0 Å². The Hall–Kier alpha value is -1.88. The third-order valence-corrected chi connectivity index (χ3v) is 6.51. The topological polar surface area (TPSA) is 52.7 Å². The molecular weight excluding hydrogens is 326 g/mol. The van der Waals surface area contributed by atoms with E-state index in [-0.39, 0.29) is 17.4 Å². The van der Waals surface area contributed by atoms with Crippen LogP contribution in [0.1, 0.15) is 56.2 Å². The van der Waals surface area contributed by atoms with Gasteiger partial charge in [0.15, 0.2) is 0 Å². The zero-order valence-electron chi connectivity index (χ0n) is 15.7. The van der Waals surface area contributed by atoms with E-state index in [1.807, 2.05) is 4.90 Å². The third-order valence-electron chi connectivity index (χ3n) is 6.51. The van der Waals surface area contributed by atoms with Gasteiger partial charge in [-0.2, -0.15) is 0 Å². The number of amides is 2. The van der Waals surface area contributed by atoms with E-state index in [2.05, 4.69) is 34.5 Å². The first-order valence-electron chi connectivity index (χ1n) is 9.94. The average molecular weight is 355 g/mol. The van der Waals surface area contributed by atoms with Gasteiger partial charge in [-0.05, 0) is 56.3 Å². The van der Waals surface area contributed by atoms with Gasteiger partial charge < -0.3 is 10.2 Å². The molecule has 2 saturated heterocycles. The molecule has 5 nitrogen and oxygen atoms in total. The summed E-state index contributed by atoms with van der Waals surface area (Å²) in [6, 6.07) is 8.70. The Morgan fingerprint density at radius 1 is 1.12 bits per heavy atom. The molecular formula is C21H29N3O2. The molecule has 1 spiro atoms. The Morgan fingerprint density at radius 3 is 2.50 bits per heavy atom. The van der Waals surface area contributed by atoms with Crippen LogP contribution in [0, 0.1) is 0 Å². The normalized spacial score (nSPS) is 24.7. The number of likely N-dealkylation sites (tertiary alicyclic amines) is 2. The first-order chi connectivity index (χ1) is 12.6. The van der Waals surface area contributed by atoms with Crippen molar-refractivity contribution < 1.29 is 9.59 Å². The van der Waals surface area contributed by atoms with Crippen molar-refractivity contribution in [1.82, 2.24) is 15.1 Å². The molecule has 3 aliphatic rings. The van der Waals surface area contributed by atoms with E-state index in [1.54, 1.807) is 6.92 Å². The fraction of sp³-hybridized carbons (Fsp3) is 0.619. The van der Waals surface area contributed by atoms with Gasteiger partial charge in [-0.3, -0.25) is 14.5 Å². The van der Waals surface area contributed by atoms with Gasteiger partial charge in [0.1, 0.15) is 0 Å². The number of rotatable bonds is 3. The van der Waals surface area contributed by atoms with Crippen molar-refractivity contribution in [3.05, 3.63) is 35.4 Å². The average Bonchev–Trinajstić information content (AvgIpc) is 3.25. The van der Waals surface area contributed by atoms with E-state index < -0.39 is 0 Å². The van der Waals surface area contributed by atoms with E-state index in [0.29, 0.717) is 12.5 Å². The number of hydrogen-bond acceptors (Lipinski definition) is 3. The predicted molar refractivity (Wildman–Crippen MR) is 101 cm³/mol. The molecule has 1 atom stereocenters. The summed E-state index contributed by atoms with van der Waals surface area (Å²) in [5.74, 6) is 0.330. The first-order valence-corrected chi connectivity index (χ1v) is 9.94. The number of carbonyl (C=O) groups excluding carboxylic acids is 2. The summed E-state index contributed by atoms with van der Waals surface area (Å²) < 4.78 is 0. The fourth-order valence-electron chi connectivity index (χ4n) is 5.14. The molecule has 2 amide bonds. The lowest BCUT2D eigenvalue weighted by atomic mass is 9.73. The maximum absolute atomic E-state index is 12.4. The molecule has 0 radical (unpaired) electrons. The lowest BCUT2D eigenvalue weighted by Crippen LogP contribution is -2.46. The van der Waals surface area contributed by atoms with Crippen LogP contribution in [0.2, 0.25) is 0 Å². The van der Waals surface area contributed by atoms with Crippen LogP contribution in [0.15, 0.2) is 24.3 Å². The van der Waals surface area contributed by atoms with Crippen molar-refractivity contribution in [2.24, 2.45) is 0 Å². The Bertz CT molecular complexity index is 688. The molecule has 0 unspecified atom stereocenters. The number of piperidine rings is 1. The van der Waals surface area contributed by atoms with Gasteiger partial charge in [-0.25, -0.2) is 0 Å². The smallest absolute Gasteiger partial charge is 0.236 e. The second kappa shape index (κ2) is 7.03. The molecule has 140 valence electrons. The SMILES string of the molecule is CC(=O)N[C@H]1CC2(CCN(CC(=O)N3CCCC3)CC2)c2ccccc21. The van der Waals surface area contributed by atoms with Crippen molar-refractivity contribution in [2.45, 2.75) is 50.5 Å². The molecule has 0 bridgehead atoms. The molecule has 1 aromatic carbocycles. The van der Waals surface area contributed by atoms with Gasteiger partial charge in [0, 0.05) is 25.4 Å². The highest BCUT2D eigenvalue weighted by atomic mass is 16.2. The van der Waals surface area contributed by atoms with Crippen LogP contribution in [-0.2, 0) is 15.0 Å². The molecule has 2 aliphatic heterocycles. The highest BCUT2D eigenvalue weighted by Gasteiger charge is 2.45. The summed E-state index contributed by atoms with van der Waals surface area (Å²) in [7, 11) is 0. The lowest BCUT2D eigenvalue weighted by Gasteiger charge is -2.40. The maximum atomic E-state index is 12.4. The van der Waals surface area contributed by atoms with E-state index in [0.717, 1.165) is 58.3 Å². The molecule has 1 N–H and O–H groups in total. The zero-order valence-corrected chi connectivity index (χ0v) is 15.7. The van der Waals surface area contributed by atoms with E-state index in [1.165, 1.54) is 11.1 Å². The second-order valence-electron chi connectivity index (χ2n) is 8.19. The number of nitrogens with zero attached hydrogens (tertiary/aromatic N) is 2. The number of benzene rings is 1. The molecule has 0 saturated carbocycles. The van der Waals surface area contributed by atoms with Crippen molar-refractivity contribution in [3.63, 3.8) is 0 Å². The predicted octanol–water partition coefficient (Wildman–Crippen LogP) is 2.22. The van der Waals surface area contributed by atoms with E-state index >= 15 is 0 Å². The second-order valence-corrected chi connectivity index (χ2v) is 8.19. The van der Waals surface area contributed by atoms with Crippen molar-refractivity contribution in [2.75, 3.05) is 32.7 Å². The van der Waals surface area contributed by atoms with Gasteiger partial charge in [0.05, 0.1) is 12.6 Å². The summed E-state index contributed by atoms with van der Waals surface area (Å²) >= 11 is 0. The largest absolute Gasteiger partial charge is 0.349 e. The zero-order chi connectivity index (χ0) is 18.1. The molecule has 5 heteroatoms. The minimum Gasteiger partial charge on any atom is -0.349 e. The fourth-order valence-corrected chi connectivity index (χ4v) is 5.14. The standard InChI is InChI=1S/C21H29N3O2/c1-16(25)22-19-14-21(18-7-3-2-6-17(18)19)8-12-23(13-9-21)15-20(26)24-10-4-5-11-24/h2-3,6-7,19H,4-5,8-15H2,1H3,(H,22,25)/t19-/m0/s1. The van der Waals surface area contributed by atoms with Crippen molar-refractivity contribution in [3.8, 4) is 0 Å². The Balaban J connectivity index is 1.43. The van der Waals surface area contributed by atoms with Gasteiger partial charge in [-0.1, -0.05) is 24.3 Å². The Morgan fingerprint density at radius 2 is 1.81 bits per heavy atom. The van der Waals surface area contributed by atoms with Crippen LogP contribution < -0.4 is 5.32 Å². The third kappa shape index (κ3) is 3.25. The van der Waals surface area contributed by atoms with Crippen LogP contribution in [0.4, 0.5) is 0 Å². The highest BCUT2D eigenvalue weighted by molar-refractivity contribution is 5.78. The van der Waals surface area contributed by atoms with Crippen molar-refractivity contribution in [1.29, 1.82) is 0 Å². The van der Waals surface area contributed by atoms with Gasteiger partial charge >= 0.3 is 0 Å². The first kappa shape index (κ1) is 17.5. The quantitative estimate of drug-likeness (QED) is 0.905. The molecule has 1 aliphatic carbocycles. The molecule has 0 aromatic heterocycles. The summed E-state index contributed by atoms with van der Waals surface area (Å²) in [5.41, 5.74) is 2.84. The minimum absolute atomic E-state index is 0.0375. The minimum atomic E-state index is 0.0375. The van der Waals surface area contributed by atoms with Crippen LogP contribution >= 0.6 is 0 Å². The summed E-state index contributed by atoms with van der Waals surface area (Å²) in [6.07, 6.45) is 5.41. The lowest BCUT2D eigenvalue weighted by molar-refractivity contribution is -0.131. The van der Waals surface area contributed by atoms with Crippen LogP contribution in [0.5, 0.6) is 0 Å². The number of carbonyl (C=O) groups is 2. The molecule has 4 rings (SSSR count). The molecule has 2 heterocycles. The van der Waals surface area contributed by atoms with E-state index in [9.17, 15) is 9.59 Å². The molecule has 1 aromatic rings. The maximum Gasteiger partial charge on any atom is 0.236 e. The Labute approximate surface area is 155 Å². The number of hydrogen-bond donors (Lipinski definition) is 1. The number of fused-ring (bicyclic) bond motifs is 2. The monoisotopic (exact) mass is 355 g/mol. The summed E-state index contributed by atoms with van der Waals surface area (Å²) in [5, 5.41) is 3.14. The van der Waals surface area contributed by atoms with Crippen molar-refractivity contribution >= 4 is 11.8 Å². The Kier molecular flexibility index (Phi) is 4.74. The summed E-state index contributed by atoms with van der Waals surface area (Å²) in [6.45, 7) is 5.94. The van der Waals surface area contributed by atoms with E-state index in [4.69, 9.17) is 0 Å². The van der Waals surface area contributed by atoms with Crippen LogP contribution in [-0.4, -0.2) is 54.3 Å². The highest BCUT2D eigenvalue weighted by Crippen LogP contribution is 2.50. The molecule has 2 fully saturated rings. The number of nitrogens with one attached hydrogen (secondary N) is 1. The van der Waals surface area contributed by atoms with Gasteiger partial charge in [0.2, 0.25) is 11.8 Å². The summed E-state index contributed by atoms with van der Waals surface area (Å²) in [4.78, 5) is 28.4. The van der Waals surface area contributed by atoms with Gasteiger partial charge in [-0.15, -0.1) is 0 Å².